The molecule has 0 bridgehead atoms. The zero-order valence-corrected chi connectivity index (χ0v) is 13.4. The highest BCUT2D eigenvalue weighted by Crippen LogP contribution is 2.31. The number of rotatable bonds is 3. The Morgan fingerprint density at radius 1 is 1.19 bits per heavy atom. The fourth-order valence-electron chi connectivity index (χ4n) is 1.60. The molecule has 1 N–H and O–H groups in total. The lowest BCUT2D eigenvalue weighted by atomic mass is 10.1. The van der Waals surface area contributed by atoms with Crippen molar-refractivity contribution in [3.05, 3.63) is 66.8 Å². The Kier molecular flexibility index (Phi) is 4.69. The molecule has 0 aliphatic rings. The number of benzene rings is 2. The number of carbonyl (C=O) groups is 1. The van der Waals surface area contributed by atoms with Gasteiger partial charge in [0.1, 0.15) is 0 Å². The maximum Gasteiger partial charge on any atom is 0.305 e. The van der Waals surface area contributed by atoms with Crippen LogP contribution in [0.15, 0.2) is 45.3 Å². The molecule has 0 radical (unpaired) electrons. The Morgan fingerprint density at radius 2 is 1.81 bits per heavy atom. The van der Waals surface area contributed by atoms with E-state index in [9.17, 15) is 19.3 Å². The highest BCUT2D eigenvalue weighted by atomic mass is 79.9. The molecule has 0 saturated carbocycles. The summed E-state index contributed by atoms with van der Waals surface area (Å²) in [4.78, 5) is 21.9. The van der Waals surface area contributed by atoms with E-state index < -0.39 is 22.3 Å². The number of para-hydroxylation sites is 1. The second kappa shape index (κ2) is 6.31. The van der Waals surface area contributed by atoms with Crippen molar-refractivity contribution in [1.82, 2.24) is 0 Å². The first-order valence-corrected chi connectivity index (χ1v) is 7.18. The summed E-state index contributed by atoms with van der Waals surface area (Å²) in [7, 11) is 0. The van der Waals surface area contributed by atoms with E-state index in [-0.39, 0.29) is 5.56 Å². The molecule has 108 valence electrons. The fourth-order valence-corrected chi connectivity index (χ4v) is 2.79. The number of hydrogen-bond acceptors (Lipinski definition) is 3. The topological polar surface area (TPSA) is 72.2 Å². The van der Waals surface area contributed by atoms with E-state index in [0.717, 1.165) is 12.1 Å². The highest BCUT2D eigenvalue weighted by molar-refractivity contribution is 9.11. The van der Waals surface area contributed by atoms with Crippen LogP contribution >= 0.6 is 31.9 Å². The van der Waals surface area contributed by atoms with E-state index in [1.54, 1.807) is 18.2 Å². The van der Waals surface area contributed by atoms with E-state index >= 15 is 0 Å². The smallest absolute Gasteiger partial charge is 0.305 e. The summed E-state index contributed by atoms with van der Waals surface area (Å²) in [6, 6.07) is 8.20. The second-order valence-electron chi connectivity index (χ2n) is 3.97. The van der Waals surface area contributed by atoms with Crippen LogP contribution in [-0.2, 0) is 0 Å². The van der Waals surface area contributed by atoms with Crippen LogP contribution in [-0.4, -0.2) is 10.8 Å². The normalized spacial score (nSPS) is 10.2. The molecule has 2 aromatic rings. The van der Waals surface area contributed by atoms with Crippen LogP contribution in [0.25, 0.3) is 0 Å². The van der Waals surface area contributed by atoms with Gasteiger partial charge in [0.15, 0.2) is 0 Å². The van der Waals surface area contributed by atoms with Gasteiger partial charge >= 0.3 is 5.69 Å². The van der Waals surface area contributed by atoms with Crippen molar-refractivity contribution in [1.29, 1.82) is 0 Å². The van der Waals surface area contributed by atoms with E-state index in [2.05, 4.69) is 37.2 Å². The largest absolute Gasteiger partial charge is 0.320 e. The molecule has 1 amide bonds. The Morgan fingerprint density at radius 3 is 2.38 bits per heavy atom. The zero-order chi connectivity index (χ0) is 15.6. The van der Waals surface area contributed by atoms with Crippen LogP contribution in [0.2, 0.25) is 0 Å². The number of amides is 1. The summed E-state index contributed by atoms with van der Waals surface area (Å²) < 4.78 is 14.5. The van der Waals surface area contributed by atoms with Crippen molar-refractivity contribution in [3.63, 3.8) is 0 Å². The predicted molar refractivity (Wildman–Crippen MR) is 82.8 cm³/mol. The molecule has 2 aromatic carbocycles. The van der Waals surface area contributed by atoms with E-state index in [4.69, 9.17) is 0 Å². The van der Waals surface area contributed by atoms with Gasteiger partial charge in [-0.15, -0.1) is 0 Å². The van der Waals surface area contributed by atoms with Gasteiger partial charge in [-0.05, 0) is 56.1 Å². The second-order valence-corrected chi connectivity index (χ2v) is 5.68. The van der Waals surface area contributed by atoms with Gasteiger partial charge in [0.05, 0.1) is 10.6 Å². The molecule has 0 aliphatic heterocycles. The Balaban J connectivity index is 2.33. The molecule has 0 unspecified atom stereocenters. The molecule has 5 nitrogen and oxygen atoms in total. The van der Waals surface area contributed by atoms with E-state index in [1.807, 2.05) is 0 Å². The van der Waals surface area contributed by atoms with Crippen LogP contribution in [0.4, 0.5) is 15.8 Å². The molecule has 21 heavy (non-hydrogen) atoms. The van der Waals surface area contributed by atoms with Gasteiger partial charge in [0, 0.05) is 20.6 Å². The van der Waals surface area contributed by atoms with Crippen molar-refractivity contribution in [2.45, 2.75) is 0 Å². The molecule has 0 fully saturated rings. The number of halogens is 3. The summed E-state index contributed by atoms with van der Waals surface area (Å²) >= 11 is 6.57. The van der Waals surface area contributed by atoms with E-state index in [1.165, 1.54) is 6.07 Å². The van der Waals surface area contributed by atoms with Crippen LogP contribution in [0.5, 0.6) is 0 Å². The van der Waals surface area contributed by atoms with Crippen LogP contribution in [0, 0.1) is 15.9 Å². The first-order chi connectivity index (χ1) is 9.90. The highest BCUT2D eigenvalue weighted by Gasteiger charge is 2.18. The van der Waals surface area contributed by atoms with E-state index in [0.29, 0.717) is 14.6 Å². The van der Waals surface area contributed by atoms with Crippen LogP contribution in [0.3, 0.4) is 0 Å². The van der Waals surface area contributed by atoms with Gasteiger partial charge in [-0.1, -0.05) is 6.07 Å². The molecule has 0 heterocycles. The summed E-state index contributed by atoms with van der Waals surface area (Å²) in [6.45, 7) is 0. The zero-order valence-electron chi connectivity index (χ0n) is 10.3. The van der Waals surface area contributed by atoms with Crippen molar-refractivity contribution in [2.75, 3.05) is 5.32 Å². The minimum Gasteiger partial charge on any atom is -0.320 e. The average Bonchev–Trinajstić information content (AvgIpc) is 2.43. The number of anilines is 1. The Hall–Kier alpha value is -1.80. The third-order valence-electron chi connectivity index (χ3n) is 2.61. The first kappa shape index (κ1) is 15.6. The molecule has 0 atom stereocenters. The predicted octanol–water partition coefficient (Wildman–Crippen LogP) is 4.51. The number of nitrogens with zero attached hydrogens (tertiary/aromatic N) is 1. The van der Waals surface area contributed by atoms with Gasteiger partial charge in [-0.2, -0.15) is 4.39 Å². The Labute approximate surface area is 135 Å². The van der Waals surface area contributed by atoms with Crippen molar-refractivity contribution in [2.24, 2.45) is 0 Å². The Bertz CT molecular complexity index is 717. The lowest BCUT2D eigenvalue weighted by molar-refractivity contribution is -0.387. The number of carbonyl (C=O) groups excluding carboxylic acids is 1. The van der Waals surface area contributed by atoms with Gasteiger partial charge in [0.25, 0.3) is 5.91 Å². The van der Waals surface area contributed by atoms with Gasteiger partial charge in [-0.3, -0.25) is 14.9 Å². The lowest BCUT2D eigenvalue weighted by Gasteiger charge is -2.09. The van der Waals surface area contributed by atoms with Gasteiger partial charge in [0.2, 0.25) is 5.82 Å². The molecule has 0 aromatic heterocycles. The molecule has 2 rings (SSSR count). The molecule has 0 aliphatic carbocycles. The quantitative estimate of drug-likeness (QED) is 0.589. The minimum atomic E-state index is -0.987. The summed E-state index contributed by atoms with van der Waals surface area (Å²) in [5, 5.41) is 13.3. The first-order valence-electron chi connectivity index (χ1n) is 5.59. The number of nitro groups is 1. The maximum absolute atomic E-state index is 13.3. The standard InChI is InChI=1S/C13H7Br2FN2O3/c14-8-2-1-3-9(15)12(8)17-13(19)7-4-5-10(16)11(6-7)18(20)21/h1-6H,(H,17,19). The number of nitrogens with one attached hydrogen (secondary N) is 1. The number of nitro benzene ring substituents is 1. The molecular weight excluding hydrogens is 411 g/mol. The van der Waals surface area contributed by atoms with Crippen molar-refractivity contribution in [3.8, 4) is 0 Å². The van der Waals surface area contributed by atoms with Gasteiger partial charge < -0.3 is 5.32 Å². The monoisotopic (exact) mass is 416 g/mol. The molecule has 0 spiro atoms. The van der Waals surface area contributed by atoms with Crippen LogP contribution in [0.1, 0.15) is 10.4 Å². The van der Waals surface area contributed by atoms with Gasteiger partial charge in [-0.25, -0.2) is 0 Å². The average molecular weight is 418 g/mol. The maximum atomic E-state index is 13.3. The molecular formula is C13H7Br2FN2O3. The molecule has 8 heteroatoms. The SMILES string of the molecule is O=C(Nc1c(Br)cccc1Br)c1ccc(F)c([N+](=O)[O-])c1. The minimum absolute atomic E-state index is 0.00856. The summed E-state index contributed by atoms with van der Waals surface area (Å²) in [5.41, 5.74) is -0.269. The lowest BCUT2D eigenvalue weighted by Crippen LogP contribution is -2.13. The third-order valence-corrected chi connectivity index (χ3v) is 3.93. The third kappa shape index (κ3) is 3.45. The van der Waals surface area contributed by atoms with Crippen molar-refractivity contribution >= 4 is 49.1 Å². The summed E-state index contributed by atoms with van der Waals surface area (Å²) in [5.74, 6) is -1.57. The van der Waals surface area contributed by atoms with Crippen molar-refractivity contribution < 1.29 is 14.1 Å². The van der Waals surface area contributed by atoms with Crippen LogP contribution < -0.4 is 5.32 Å². The fraction of sp³-hybridized carbons (Fsp3) is 0. The molecule has 0 saturated heterocycles. The summed E-state index contributed by atoms with van der Waals surface area (Å²) in [6.07, 6.45) is 0. The number of hydrogen-bond donors (Lipinski definition) is 1.